The molecule has 1 N–H and O–H groups in total. The number of rotatable bonds is 0. The van der Waals surface area contributed by atoms with E-state index in [1.165, 1.54) is 24.3 Å². The van der Waals surface area contributed by atoms with Gasteiger partial charge in [0.25, 0.3) is 0 Å². The van der Waals surface area contributed by atoms with Crippen LogP contribution in [0.25, 0.3) is 0 Å². The highest BCUT2D eigenvalue weighted by Crippen LogP contribution is 2.28. The van der Waals surface area contributed by atoms with Crippen LogP contribution in [0, 0.1) is 0 Å². The molecule has 1 atom stereocenters. The van der Waals surface area contributed by atoms with Crippen molar-refractivity contribution in [3.63, 3.8) is 0 Å². The summed E-state index contributed by atoms with van der Waals surface area (Å²) < 4.78 is 0. The molecule has 0 amide bonds. The maximum Gasteiger partial charge on any atom is 0.0491 e. The van der Waals surface area contributed by atoms with E-state index in [9.17, 15) is 0 Å². The molecule has 0 aliphatic carbocycles. The molecule has 1 aromatic heterocycles. The SMILES string of the molecule is c1cnc2c(c1)C1CNCCN1CC2. The summed E-state index contributed by atoms with van der Waals surface area (Å²) in [6, 6.07) is 4.85. The van der Waals surface area contributed by atoms with Crippen molar-refractivity contribution in [2.75, 3.05) is 26.2 Å². The summed E-state index contributed by atoms with van der Waals surface area (Å²) in [7, 11) is 0. The summed E-state index contributed by atoms with van der Waals surface area (Å²) in [6.07, 6.45) is 3.03. The Balaban J connectivity index is 1.99. The van der Waals surface area contributed by atoms with Crippen LogP contribution in [0.2, 0.25) is 0 Å². The third-order valence-corrected chi connectivity index (χ3v) is 3.27. The van der Waals surface area contributed by atoms with Crippen LogP contribution in [0.5, 0.6) is 0 Å². The van der Waals surface area contributed by atoms with Gasteiger partial charge in [0, 0.05) is 50.5 Å². The highest BCUT2D eigenvalue weighted by molar-refractivity contribution is 5.27. The Bertz CT molecular complexity index is 337. The minimum absolute atomic E-state index is 0.571. The van der Waals surface area contributed by atoms with Crippen molar-refractivity contribution >= 4 is 0 Å². The van der Waals surface area contributed by atoms with Crippen LogP contribution in [0.15, 0.2) is 18.3 Å². The van der Waals surface area contributed by atoms with Gasteiger partial charge in [-0.2, -0.15) is 0 Å². The number of aromatic nitrogens is 1. The third-order valence-electron chi connectivity index (χ3n) is 3.27. The number of fused-ring (bicyclic) bond motifs is 3. The number of hydrogen-bond acceptors (Lipinski definition) is 3. The summed E-state index contributed by atoms with van der Waals surface area (Å²) in [6.45, 7) is 4.57. The van der Waals surface area contributed by atoms with Gasteiger partial charge in [-0.05, 0) is 11.6 Å². The molecule has 0 aromatic carbocycles. The molecule has 0 spiro atoms. The first kappa shape index (κ1) is 8.38. The average molecular weight is 189 g/mol. The number of piperazine rings is 1. The van der Waals surface area contributed by atoms with Crippen molar-refractivity contribution in [1.82, 2.24) is 15.2 Å². The zero-order valence-corrected chi connectivity index (χ0v) is 8.24. The monoisotopic (exact) mass is 189 g/mol. The standard InChI is InChI=1S/C11H15N3/c1-2-9-10(13-4-1)3-6-14-7-5-12-8-11(9)14/h1-2,4,11-12H,3,5-8H2. The predicted molar refractivity (Wildman–Crippen MR) is 55.1 cm³/mol. The number of nitrogens with zero attached hydrogens (tertiary/aromatic N) is 2. The fourth-order valence-corrected chi connectivity index (χ4v) is 2.53. The Morgan fingerprint density at radius 1 is 1.43 bits per heavy atom. The van der Waals surface area contributed by atoms with Crippen molar-refractivity contribution in [2.45, 2.75) is 12.5 Å². The zero-order chi connectivity index (χ0) is 9.38. The van der Waals surface area contributed by atoms with Crippen LogP contribution in [0.3, 0.4) is 0 Å². The molecule has 0 saturated carbocycles. The first-order valence-corrected chi connectivity index (χ1v) is 5.34. The molecule has 0 radical (unpaired) electrons. The molecular formula is C11H15N3. The van der Waals surface area contributed by atoms with Crippen LogP contribution in [-0.2, 0) is 6.42 Å². The Morgan fingerprint density at radius 3 is 3.43 bits per heavy atom. The molecule has 2 aliphatic rings. The summed E-state index contributed by atoms with van der Waals surface area (Å²) >= 11 is 0. The Hall–Kier alpha value is -0.930. The van der Waals surface area contributed by atoms with E-state index in [1.54, 1.807) is 0 Å². The second-order valence-corrected chi connectivity index (χ2v) is 4.05. The van der Waals surface area contributed by atoms with Crippen LogP contribution in [0.4, 0.5) is 0 Å². The smallest absolute Gasteiger partial charge is 0.0491 e. The predicted octanol–water partition coefficient (Wildman–Crippen LogP) is 0.584. The molecule has 0 bridgehead atoms. The maximum atomic E-state index is 4.46. The molecule has 1 unspecified atom stereocenters. The fraction of sp³-hybridized carbons (Fsp3) is 0.545. The topological polar surface area (TPSA) is 28.2 Å². The van der Waals surface area contributed by atoms with E-state index in [0.717, 1.165) is 19.5 Å². The molecule has 14 heavy (non-hydrogen) atoms. The van der Waals surface area contributed by atoms with E-state index < -0.39 is 0 Å². The summed E-state index contributed by atoms with van der Waals surface area (Å²) in [5, 5.41) is 3.46. The van der Waals surface area contributed by atoms with Crippen LogP contribution in [-0.4, -0.2) is 36.1 Å². The average Bonchev–Trinajstić information content (AvgIpc) is 2.29. The second-order valence-electron chi connectivity index (χ2n) is 4.05. The molecule has 2 aliphatic heterocycles. The van der Waals surface area contributed by atoms with Crippen LogP contribution < -0.4 is 5.32 Å². The van der Waals surface area contributed by atoms with Gasteiger partial charge in [-0.25, -0.2) is 0 Å². The van der Waals surface area contributed by atoms with Crippen molar-refractivity contribution in [1.29, 1.82) is 0 Å². The molecule has 1 fully saturated rings. The Labute approximate surface area is 84.1 Å². The van der Waals surface area contributed by atoms with Gasteiger partial charge in [-0.1, -0.05) is 6.07 Å². The molecule has 3 rings (SSSR count). The van der Waals surface area contributed by atoms with E-state index in [4.69, 9.17) is 0 Å². The highest BCUT2D eigenvalue weighted by atomic mass is 15.2. The van der Waals surface area contributed by atoms with Crippen molar-refractivity contribution < 1.29 is 0 Å². The third kappa shape index (κ3) is 1.24. The Morgan fingerprint density at radius 2 is 2.43 bits per heavy atom. The van der Waals surface area contributed by atoms with E-state index >= 15 is 0 Å². The van der Waals surface area contributed by atoms with Crippen LogP contribution >= 0.6 is 0 Å². The Kier molecular flexibility index (Phi) is 2.00. The lowest BCUT2D eigenvalue weighted by Crippen LogP contribution is -2.49. The number of hydrogen-bond donors (Lipinski definition) is 1. The van der Waals surface area contributed by atoms with Crippen molar-refractivity contribution in [3.05, 3.63) is 29.6 Å². The highest BCUT2D eigenvalue weighted by Gasteiger charge is 2.29. The summed E-state index contributed by atoms with van der Waals surface area (Å²) in [5.41, 5.74) is 2.74. The molecule has 74 valence electrons. The number of nitrogens with one attached hydrogen (secondary N) is 1. The lowest BCUT2D eigenvalue weighted by molar-refractivity contribution is 0.150. The van der Waals surface area contributed by atoms with E-state index in [2.05, 4.69) is 27.3 Å². The first-order valence-electron chi connectivity index (χ1n) is 5.34. The zero-order valence-electron chi connectivity index (χ0n) is 8.24. The minimum Gasteiger partial charge on any atom is -0.314 e. The number of pyridine rings is 1. The molecule has 3 heterocycles. The van der Waals surface area contributed by atoms with E-state index in [-0.39, 0.29) is 0 Å². The molecular weight excluding hydrogens is 174 g/mol. The van der Waals surface area contributed by atoms with Crippen molar-refractivity contribution in [2.24, 2.45) is 0 Å². The summed E-state index contributed by atoms with van der Waals surface area (Å²) in [5.74, 6) is 0. The normalized spacial score (nSPS) is 26.7. The largest absolute Gasteiger partial charge is 0.314 e. The quantitative estimate of drug-likeness (QED) is 0.647. The van der Waals surface area contributed by atoms with Gasteiger partial charge < -0.3 is 5.32 Å². The molecule has 1 aromatic rings. The maximum absolute atomic E-state index is 4.46. The molecule has 3 heteroatoms. The van der Waals surface area contributed by atoms with E-state index in [0.29, 0.717) is 6.04 Å². The van der Waals surface area contributed by atoms with Gasteiger partial charge in [0.15, 0.2) is 0 Å². The van der Waals surface area contributed by atoms with E-state index in [1.807, 2.05) is 6.20 Å². The van der Waals surface area contributed by atoms with Gasteiger partial charge in [0.2, 0.25) is 0 Å². The molecule has 1 saturated heterocycles. The van der Waals surface area contributed by atoms with Gasteiger partial charge in [0.1, 0.15) is 0 Å². The lowest BCUT2D eigenvalue weighted by Gasteiger charge is -2.40. The van der Waals surface area contributed by atoms with Gasteiger partial charge in [-0.3, -0.25) is 9.88 Å². The van der Waals surface area contributed by atoms with Gasteiger partial charge >= 0.3 is 0 Å². The molecule has 3 nitrogen and oxygen atoms in total. The van der Waals surface area contributed by atoms with Crippen molar-refractivity contribution in [3.8, 4) is 0 Å². The first-order chi connectivity index (χ1) is 6.95. The van der Waals surface area contributed by atoms with Crippen LogP contribution in [0.1, 0.15) is 17.3 Å². The second kappa shape index (κ2) is 3.33. The lowest BCUT2D eigenvalue weighted by atomic mass is 9.95. The fourth-order valence-electron chi connectivity index (χ4n) is 2.53. The van der Waals surface area contributed by atoms with Gasteiger partial charge in [-0.15, -0.1) is 0 Å². The van der Waals surface area contributed by atoms with Gasteiger partial charge in [0.05, 0.1) is 0 Å². The minimum atomic E-state index is 0.571. The summed E-state index contributed by atoms with van der Waals surface area (Å²) in [4.78, 5) is 7.03.